The molecule has 0 N–H and O–H groups in total. The number of aliphatic imine (C=N–C) groups is 1. The molecule has 0 fully saturated rings. The fraction of sp³-hybridized carbons (Fsp3) is 0.526. The normalized spacial score (nSPS) is 12.0. The van der Waals surface area contributed by atoms with E-state index in [1.807, 2.05) is 6.92 Å². The highest BCUT2D eigenvalue weighted by Gasteiger charge is 2.27. The monoisotopic (exact) mass is 349 g/mol. The second-order valence-electron chi connectivity index (χ2n) is 5.31. The van der Waals surface area contributed by atoms with Crippen molar-refractivity contribution in [3.63, 3.8) is 0 Å². The minimum atomic E-state index is -1.16. The Morgan fingerprint density at radius 3 is 2.28 bits per heavy atom. The van der Waals surface area contributed by atoms with Gasteiger partial charge in [-0.05, 0) is 44.5 Å². The van der Waals surface area contributed by atoms with Crippen LogP contribution in [0.5, 0.6) is 5.75 Å². The molecule has 0 bridgehead atoms. The number of carbonyl (C=O) groups is 2. The minimum absolute atomic E-state index is 0.190. The number of nitrogens with zero attached hydrogens (tertiary/aromatic N) is 1. The van der Waals surface area contributed by atoms with Gasteiger partial charge in [-0.1, -0.05) is 19.8 Å². The Morgan fingerprint density at radius 1 is 1.00 bits per heavy atom. The maximum Gasteiger partial charge on any atom is 0.325 e. The molecule has 0 aliphatic heterocycles. The van der Waals surface area contributed by atoms with Crippen molar-refractivity contribution in [3.05, 3.63) is 24.3 Å². The summed E-state index contributed by atoms with van der Waals surface area (Å²) in [5, 5.41) is 0. The molecule has 0 aliphatic rings. The largest absolute Gasteiger partial charge is 0.494 e. The Bertz CT molecular complexity index is 553. The molecular weight excluding hydrogens is 322 g/mol. The lowest BCUT2D eigenvalue weighted by molar-refractivity contribution is -0.158. The summed E-state index contributed by atoms with van der Waals surface area (Å²) in [6.07, 6.45) is 4.04. The molecule has 138 valence electrons. The molecule has 1 atom stereocenters. The van der Waals surface area contributed by atoms with Crippen LogP contribution in [0.2, 0.25) is 0 Å². The number of esters is 2. The van der Waals surface area contributed by atoms with Crippen LogP contribution in [0.25, 0.3) is 0 Å². The van der Waals surface area contributed by atoms with Crippen molar-refractivity contribution in [2.24, 2.45) is 10.9 Å². The average molecular weight is 349 g/mol. The van der Waals surface area contributed by atoms with Crippen molar-refractivity contribution in [3.8, 4) is 5.75 Å². The zero-order valence-corrected chi connectivity index (χ0v) is 15.2. The predicted octanol–water partition coefficient (Wildman–Crippen LogP) is 3.70. The quantitative estimate of drug-likeness (QED) is 0.263. The molecule has 6 heteroatoms. The molecule has 0 amide bonds. The minimum Gasteiger partial charge on any atom is -0.494 e. The molecule has 0 saturated carbocycles. The summed E-state index contributed by atoms with van der Waals surface area (Å²) >= 11 is 0. The van der Waals surface area contributed by atoms with Gasteiger partial charge in [0.2, 0.25) is 0 Å². The molecule has 0 heterocycles. The molecule has 1 aromatic rings. The third kappa shape index (κ3) is 7.83. The molecule has 0 saturated heterocycles. The molecular formula is C19H27NO5. The SMILES string of the molecule is CCCCCOC(=O)C(C=Nc1ccc(OCC)cc1)C(=O)OCC. The molecule has 1 aromatic carbocycles. The first-order valence-corrected chi connectivity index (χ1v) is 8.72. The molecule has 0 spiro atoms. The van der Waals surface area contributed by atoms with E-state index in [0.29, 0.717) is 18.9 Å². The van der Waals surface area contributed by atoms with E-state index in [1.165, 1.54) is 6.21 Å². The highest BCUT2D eigenvalue weighted by Crippen LogP contribution is 2.18. The second kappa shape index (κ2) is 12.1. The highest BCUT2D eigenvalue weighted by molar-refractivity contribution is 6.09. The molecule has 1 rings (SSSR count). The van der Waals surface area contributed by atoms with Gasteiger partial charge < -0.3 is 14.2 Å². The Kier molecular flexibility index (Phi) is 9.97. The third-order valence-electron chi connectivity index (χ3n) is 3.31. The van der Waals surface area contributed by atoms with E-state index in [2.05, 4.69) is 11.9 Å². The first-order chi connectivity index (χ1) is 12.1. The zero-order chi connectivity index (χ0) is 18.5. The summed E-state index contributed by atoms with van der Waals surface area (Å²) in [7, 11) is 0. The van der Waals surface area contributed by atoms with E-state index in [4.69, 9.17) is 14.2 Å². The molecule has 1 unspecified atom stereocenters. The number of hydrogen-bond donors (Lipinski definition) is 0. The third-order valence-corrected chi connectivity index (χ3v) is 3.31. The summed E-state index contributed by atoms with van der Waals surface area (Å²) in [4.78, 5) is 28.3. The van der Waals surface area contributed by atoms with E-state index in [9.17, 15) is 9.59 Å². The van der Waals surface area contributed by atoms with Crippen molar-refractivity contribution in [1.82, 2.24) is 0 Å². The lowest BCUT2D eigenvalue weighted by Gasteiger charge is -2.11. The number of ether oxygens (including phenoxy) is 3. The van der Waals surface area contributed by atoms with Gasteiger partial charge in [-0.25, -0.2) is 0 Å². The number of benzene rings is 1. The molecule has 0 radical (unpaired) electrons. The van der Waals surface area contributed by atoms with Gasteiger partial charge in [0, 0.05) is 6.21 Å². The first-order valence-electron chi connectivity index (χ1n) is 8.72. The van der Waals surface area contributed by atoms with Gasteiger partial charge >= 0.3 is 11.9 Å². The van der Waals surface area contributed by atoms with Crippen LogP contribution in [0.1, 0.15) is 40.0 Å². The summed E-state index contributed by atoms with van der Waals surface area (Å²) in [6.45, 7) is 6.71. The Labute approximate surface area is 149 Å². The van der Waals surface area contributed by atoms with Gasteiger partial charge in [-0.15, -0.1) is 0 Å². The molecule has 0 aromatic heterocycles. The van der Waals surface area contributed by atoms with Crippen molar-refractivity contribution in [2.75, 3.05) is 19.8 Å². The van der Waals surface area contributed by atoms with Gasteiger partial charge in [-0.2, -0.15) is 0 Å². The molecule has 25 heavy (non-hydrogen) atoms. The number of unbranched alkanes of at least 4 members (excludes halogenated alkanes) is 2. The lowest BCUT2D eigenvalue weighted by atomic mass is 10.1. The van der Waals surface area contributed by atoms with Crippen LogP contribution < -0.4 is 4.74 Å². The number of rotatable bonds is 11. The van der Waals surface area contributed by atoms with E-state index >= 15 is 0 Å². The van der Waals surface area contributed by atoms with E-state index in [-0.39, 0.29) is 6.61 Å². The van der Waals surface area contributed by atoms with Crippen LogP contribution in [0.4, 0.5) is 5.69 Å². The second-order valence-corrected chi connectivity index (χ2v) is 5.31. The van der Waals surface area contributed by atoms with E-state index < -0.39 is 17.9 Å². The van der Waals surface area contributed by atoms with Crippen molar-refractivity contribution in [2.45, 2.75) is 40.0 Å². The van der Waals surface area contributed by atoms with Crippen LogP contribution in [0.3, 0.4) is 0 Å². The summed E-state index contributed by atoms with van der Waals surface area (Å²) in [6, 6.07) is 7.05. The molecule has 6 nitrogen and oxygen atoms in total. The fourth-order valence-corrected chi connectivity index (χ4v) is 2.02. The standard InChI is InChI=1S/C19H27NO5/c1-4-7-8-13-25-19(22)17(18(21)24-6-3)14-20-15-9-11-16(12-10-15)23-5-2/h9-12,14,17H,4-8,13H2,1-3H3. The van der Waals surface area contributed by atoms with E-state index in [0.717, 1.165) is 25.0 Å². The van der Waals surface area contributed by atoms with Crippen LogP contribution >= 0.6 is 0 Å². The molecule has 0 aliphatic carbocycles. The highest BCUT2D eigenvalue weighted by atomic mass is 16.6. The smallest absolute Gasteiger partial charge is 0.325 e. The van der Waals surface area contributed by atoms with Crippen LogP contribution in [0.15, 0.2) is 29.3 Å². The Morgan fingerprint density at radius 2 is 1.68 bits per heavy atom. The average Bonchev–Trinajstić information content (AvgIpc) is 2.61. The van der Waals surface area contributed by atoms with Crippen LogP contribution in [0, 0.1) is 5.92 Å². The summed E-state index contributed by atoms with van der Waals surface area (Å²) in [5.41, 5.74) is 0.608. The van der Waals surface area contributed by atoms with Crippen LogP contribution in [-0.2, 0) is 19.1 Å². The van der Waals surface area contributed by atoms with Gasteiger partial charge in [-0.3, -0.25) is 14.6 Å². The van der Waals surface area contributed by atoms with Gasteiger partial charge in [0.25, 0.3) is 0 Å². The van der Waals surface area contributed by atoms with Crippen molar-refractivity contribution < 1.29 is 23.8 Å². The fourth-order valence-electron chi connectivity index (χ4n) is 2.02. The summed E-state index contributed by atoms with van der Waals surface area (Å²) < 4.78 is 15.5. The first kappa shape index (κ1) is 20.7. The van der Waals surface area contributed by atoms with E-state index in [1.54, 1.807) is 31.2 Å². The topological polar surface area (TPSA) is 74.2 Å². The van der Waals surface area contributed by atoms with Crippen LogP contribution in [-0.4, -0.2) is 38.0 Å². The Balaban J connectivity index is 2.74. The maximum atomic E-state index is 12.1. The Hall–Kier alpha value is -2.37. The van der Waals surface area contributed by atoms with Gasteiger partial charge in [0.05, 0.1) is 25.5 Å². The number of carbonyl (C=O) groups excluding carboxylic acids is 2. The number of hydrogen-bond acceptors (Lipinski definition) is 6. The lowest BCUT2D eigenvalue weighted by Crippen LogP contribution is -2.29. The van der Waals surface area contributed by atoms with Crippen molar-refractivity contribution in [1.29, 1.82) is 0 Å². The zero-order valence-electron chi connectivity index (χ0n) is 15.2. The predicted molar refractivity (Wildman–Crippen MR) is 96.4 cm³/mol. The van der Waals surface area contributed by atoms with Gasteiger partial charge in [0.15, 0.2) is 5.92 Å². The van der Waals surface area contributed by atoms with Crippen molar-refractivity contribution >= 4 is 23.8 Å². The summed E-state index contributed by atoms with van der Waals surface area (Å²) in [5.74, 6) is -1.71. The maximum absolute atomic E-state index is 12.1. The van der Waals surface area contributed by atoms with Gasteiger partial charge in [0.1, 0.15) is 5.75 Å².